The van der Waals surface area contributed by atoms with E-state index in [0.717, 1.165) is 30.6 Å². The largest absolute Gasteiger partial charge is 0.469 e. The van der Waals surface area contributed by atoms with Crippen molar-refractivity contribution in [2.24, 2.45) is 4.99 Å². The van der Waals surface area contributed by atoms with Crippen LogP contribution in [0.1, 0.15) is 25.5 Å². The van der Waals surface area contributed by atoms with Gasteiger partial charge in [-0.15, -0.1) is 24.0 Å². The molecule has 1 atom stereocenters. The number of halogens is 1. The van der Waals surface area contributed by atoms with E-state index in [0.29, 0.717) is 32.1 Å². The van der Waals surface area contributed by atoms with Crippen LogP contribution in [0.4, 0.5) is 0 Å². The fourth-order valence-electron chi connectivity index (χ4n) is 2.81. The van der Waals surface area contributed by atoms with E-state index in [2.05, 4.69) is 22.2 Å². The van der Waals surface area contributed by atoms with Gasteiger partial charge in [-0.25, -0.2) is 13.4 Å². The minimum atomic E-state index is -3.17. The van der Waals surface area contributed by atoms with E-state index in [9.17, 15) is 8.42 Å². The highest BCUT2D eigenvalue weighted by Crippen LogP contribution is 2.19. The normalized spacial score (nSPS) is 18.4. The fourth-order valence-corrected chi connectivity index (χ4v) is 3.99. The number of guanidine groups is 1. The van der Waals surface area contributed by atoms with Crippen LogP contribution in [0.3, 0.4) is 0 Å². The Balaban J connectivity index is 0.00000338. The topological polar surface area (TPSA) is 86.9 Å². The van der Waals surface area contributed by atoms with E-state index >= 15 is 0 Å². The predicted molar refractivity (Wildman–Crippen MR) is 116 cm³/mol. The number of aliphatic imine (C=N–C) groups is 1. The zero-order valence-corrected chi connectivity index (χ0v) is 18.5. The van der Waals surface area contributed by atoms with Crippen LogP contribution in [0.2, 0.25) is 0 Å². The summed E-state index contributed by atoms with van der Waals surface area (Å²) >= 11 is 0. The van der Waals surface area contributed by atoms with Gasteiger partial charge in [0.05, 0.1) is 19.1 Å². The summed E-state index contributed by atoms with van der Waals surface area (Å²) in [5, 5.41) is 6.52. The summed E-state index contributed by atoms with van der Waals surface area (Å²) in [6.07, 6.45) is 5.43. The van der Waals surface area contributed by atoms with Crippen molar-refractivity contribution in [1.29, 1.82) is 0 Å². The van der Waals surface area contributed by atoms with Crippen molar-refractivity contribution in [3.05, 3.63) is 36.3 Å². The highest BCUT2D eigenvalue weighted by atomic mass is 127. The quantitative estimate of drug-likeness (QED) is 0.249. The number of sulfonamides is 1. The number of furan rings is 1. The van der Waals surface area contributed by atoms with E-state index < -0.39 is 10.0 Å². The molecular formula is C17H29IN4O3S. The molecule has 148 valence electrons. The number of hydrogen-bond donors (Lipinski definition) is 2. The average molecular weight is 496 g/mol. The summed E-state index contributed by atoms with van der Waals surface area (Å²) < 4.78 is 30.6. The predicted octanol–water partition coefficient (Wildman–Crippen LogP) is 1.98. The van der Waals surface area contributed by atoms with E-state index in [1.54, 1.807) is 10.6 Å². The lowest BCUT2D eigenvalue weighted by atomic mass is 10.2. The number of rotatable bonds is 8. The van der Waals surface area contributed by atoms with Gasteiger partial charge in [0.15, 0.2) is 5.96 Å². The molecule has 1 aromatic heterocycles. The van der Waals surface area contributed by atoms with Gasteiger partial charge in [0, 0.05) is 32.1 Å². The van der Waals surface area contributed by atoms with E-state index in [1.807, 2.05) is 19.1 Å². The van der Waals surface area contributed by atoms with Crippen LogP contribution in [0, 0.1) is 0 Å². The van der Waals surface area contributed by atoms with Crippen LogP contribution in [0.15, 0.2) is 40.0 Å². The maximum Gasteiger partial charge on any atom is 0.211 e. The molecule has 1 saturated heterocycles. The highest BCUT2D eigenvalue weighted by Gasteiger charge is 2.31. The molecule has 0 unspecified atom stereocenters. The second-order valence-electron chi connectivity index (χ2n) is 6.43. The Morgan fingerprint density at radius 3 is 2.85 bits per heavy atom. The van der Waals surface area contributed by atoms with E-state index in [4.69, 9.17) is 4.42 Å². The van der Waals surface area contributed by atoms with Gasteiger partial charge in [0.25, 0.3) is 0 Å². The fraction of sp³-hybridized carbons (Fsp3) is 0.588. The maximum atomic E-state index is 11.8. The monoisotopic (exact) mass is 496 g/mol. The lowest BCUT2D eigenvalue weighted by Crippen LogP contribution is -2.46. The van der Waals surface area contributed by atoms with Crippen LogP contribution < -0.4 is 10.6 Å². The Kier molecular flexibility index (Phi) is 9.66. The number of nitrogens with one attached hydrogen (secondary N) is 2. The Morgan fingerprint density at radius 1 is 1.46 bits per heavy atom. The van der Waals surface area contributed by atoms with Gasteiger partial charge in [0.2, 0.25) is 10.0 Å². The molecule has 26 heavy (non-hydrogen) atoms. The minimum Gasteiger partial charge on any atom is -0.469 e. The summed E-state index contributed by atoms with van der Waals surface area (Å²) in [6, 6.07) is 3.77. The first-order valence-corrected chi connectivity index (χ1v) is 10.4. The van der Waals surface area contributed by atoms with E-state index in [1.165, 1.54) is 6.26 Å². The van der Waals surface area contributed by atoms with Crippen LogP contribution >= 0.6 is 24.0 Å². The van der Waals surface area contributed by atoms with Gasteiger partial charge in [-0.1, -0.05) is 12.2 Å². The molecule has 2 N–H and O–H groups in total. The van der Waals surface area contributed by atoms with Crippen molar-refractivity contribution >= 4 is 40.0 Å². The van der Waals surface area contributed by atoms with Crippen LogP contribution in [-0.4, -0.2) is 57.2 Å². The molecule has 0 aliphatic carbocycles. The standard InChI is InChI=1S/C17H28N4O3S.HI/c1-14(2)12-19-17(18-9-8-16-7-5-11-24-16)20-13-15-6-4-10-21(15)25(3,22)23;/h5,7,11,15H,1,4,6,8-10,12-13H2,2-3H3,(H2,18,19,20);1H/t15-;/m1./s1. The van der Waals surface area contributed by atoms with Gasteiger partial charge >= 0.3 is 0 Å². The molecule has 0 amide bonds. The van der Waals surface area contributed by atoms with Crippen LogP contribution in [-0.2, 0) is 16.4 Å². The van der Waals surface area contributed by atoms with Gasteiger partial charge in [-0.2, -0.15) is 4.31 Å². The second-order valence-corrected chi connectivity index (χ2v) is 8.36. The molecule has 9 heteroatoms. The summed E-state index contributed by atoms with van der Waals surface area (Å²) in [6.45, 7) is 8.12. The number of nitrogens with zero attached hydrogens (tertiary/aromatic N) is 2. The highest BCUT2D eigenvalue weighted by molar-refractivity contribution is 14.0. The van der Waals surface area contributed by atoms with Crippen LogP contribution in [0.5, 0.6) is 0 Å². The van der Waals surface area contributed by atoms with Gasteiger partial charge in [-0.3, -0.25) is 0 Å². The average Bonchev–Trinajstić information content (AvgIpc) is 3.19. The first-order valence-electron chi connectivity index (χ1n) is 8.52. The maximum absolute atomic E-state index is 11.8. The van der Waals surface area contributed by atoms with Gasteiger partial charge in [-0.05, 0) is 31.9 Å². The SMILES string of the molecule is C=C(C)CN=C(NCCc1ccco1)NC[C@H]1CCCN1S(C)(=O)=O.I. The smallest absolute Gasteiger partial charge is 0.211 e. The van der Waals surface area contributed by atoms with Crippen molar-refractivity contribution in [1.82, 2.24) is 14.9 Å². The van der Waals surface area contributed by atoms with Crippen molar-refractivity contribution in [3.8, 4) is 0 Å². The Bertz CT molecular complexity index is 689. The van der Waals surface area contributed by atoms with Crippen molar-refractivity contribution < 1.29 is 12.8 Å². The van der Waals surface area contributed by atoms with Gasteiger partial charge < -0.3 is 15.1 Å². The molecule has 7 nitrogen and oxygen atoms in total. The third-order valence-electron chi connectivity index (χ3n) is 4.01. The van der Waals surface area contributed by atoms with Crippen molar-refractivity contribution in [3.63, 3.8) is 0 Å². The third-order valence-corrected chi connectivity index (χ3v) is 5.34. The van der Waals surface area contributed by atoms with Crippen molar-refractivity contribution in [2.45, 2.75) is 32.2 Å². The molecule has 2 rings (SSSR count). The molecule has 0 radical (unpaired) electrons. The zero-order chi connectivity index (χ0) is 18.3. The lowest BCUT2D eigenvalue weighted by Gasteiger charge is -2.23. The first kappa shape index (κ1) is 23.0. The summed E-state index contributed by atoms with van der Waals surface area (Å²) in [5.74, 6) is 1.57. The second kappa shape index (κ2) is 10.9. The molecule has 1 aromatic rings. The molecule has 1 fully saturated rings. The molecule has 0 aromatic carbocycles. The Hall–Kier alpha value is -1.07. The number of hydrogen-bond acceptors (Lipinski definition) is 4. The van der Waals surface area contributed by atoms with Gasteiger partial charge in [0.1, 0.15) is 5.76 Å². The molecule has 1 aliphatic rings. The summed E-state index contributed by atoms with van der Waals surface area (Å²) in [7, 11) is -3.17. The molecule has 0 saturated carbocycles. The third kappa shape index (κ3) is 7.67. The van der Waals surface area contributed by atoms with Crippen molar-refractivity contribution in [2.75, 3.05) is 32.4 Å². The molecular weight excluding hydrogens is 467 g/mol. The Labute approximate surface area is 173 Å². The minimum absolute atomic E-state index is 0. The van der Waals surface area contributed by atoms with E-state index in [-0.39, 0.29) is 30.0 Å². The first-order chi connectivity index (χ1) is 11.9. The molecule has 0 bridgehead atoms. The zero-order valence-electron chi connectivity index (χ0n) is 15.4. The lowest BCUT2D eigenvalue weighted by molar-refractivity contribution is 0.387. The molecule has 0 spiro atoms. The summed E-state index contributed by atoms with van der Waals surface area (Å²) in [5.41, 5.74) is 0.964. The molecule has 1 aliphatic heterocycles. The summed E-state index contributed by atoms with van der Waals surface area (Å²) in [4.78, 5) is 4.49. The Morgan fingerprint density at radius 2 is 2.23 bits per heavy atom. The van der Waals surface area contributed by atoms with Crippen LogP contribution in [0.25, 0.3) is 0 Å². The molecule has 2 heterocycles.